The minimum Gasteiger partial charge on any atom is -0.744 e. The first-order chi connectivity index (χ1) is 30.6. The van der Waals surface area contributed by atoms with Gasteiger partial charge in [0.25, 0.3) is 20.2 Å². The molecule has 3 N–H and O–H groups in total. The predicted molar refractivity (Wildman–Crippen MR) is 242 cm³/mol. The topological polar surface area (TPSA) is 262 Å². The van der Waals surface area contributed by atoms with E-state index in [2.05, 4.69) is 4.58 Å². The first-order valence-electron chi connectivity index (χ1n) is 19.7. The van der Waals surface area contributed by atoms with Crippen molar-refractivity contribution in [3.8, 4) is 0 Å². The smallest absolute Gasteiger partial charge is 0.425 e. The van der Waals surface area contributed by atoms with Gasteiger partial charge < -0.3 is 14.2 Å². The highest BCUT2D eigenvalue weighted by Gasteiger charge is 2.32. The van der Waals surface area contributed by atoms with Crippen molar-refractivity contribution in [1.29, 1.82) is 0 Å². The summed E-state index contributed by atoms with van der Waals surface area (Å²) in [5.74, 6) is -0.945. The Hall–Kier alpha value is -5.78. The molecule has 0 radical (unpaired) electrons. The highest BCUT2D eigenvalue weighted by molar-refractivity contribution is 8.03. The zero-order valence-corrected chi connectivity index (χ0v) is 38.4. The summed E-state index contributed by atoms with van der Waals surface area (Å²) in [6.45, 7) is 4.58. The monoisotopic (exact) mass is 978 g/mol. The molecule has 0 saturated carbocycles. The van der Waals surface area contributed by atoms with Crippen molar-refractivity contribution in [2.24, 2.45) is 0 Å². The number of nitrogens with zero attached hydrogens (tertiary/aromatic N) is 2. The summed E-state index contributed by atoms with van der Waals surface area (Å²) < 4.78 is 137. The third-order valence-electron chi connectivity index (χ3n) is 11.1. The van der Waals surface area contributed by atoms with Crippen LogP contribution in [-0.2, 0) is 58.7 Å². The Bertz CT molecular complexity index is 3640. The molecule has 1 aliphatic heterocycles. The lowest BCUT2D eigenvalue weighted by Gasteiger charge is -2.21. The second kappa shape index (κ2) is 18.2. The summed E-state index contributed by atoms with van der Waals surface area (Å²) in [6.07, 6.45) is 9.79. The summed E-state index contributed by atoms with van der Waals surface area (Å²) in [7, 11) is -17.7. The normalized spacial score (nSPS) is 15.5. The van der Waals surface area contributed by atoms with Crippen LogP contribution in [0.15, 0.2) is 133 Å². The van der Waals surface area contributed by atoms with Crippen molar-refractivity contribution >= 4 is 109 Å². The van der Waals surface area contributed by atoms with E-state index in [1.807, 2.05) is 49.4 Å². The van der Waals surface area contributed by atoms with Crippen molar-refractivity contribution in [1.82, 2.24) is 4.57 Å². The third kappa shape index (κ3) is 9.49. The number of allylic oxidation sites excluding steroid dienone is 5. The first kappa shape index (κ1) is 47.2. The molecule has 2 heterocycles. The number of carbonyl (C=O) groups is 1. The molecule has 6 aromatic rings. The molecule has 16 nitrogen and oxygen atoms in total. The summed E-state index contributed by atoms with van der Waals surface area (Å²) in [4.78, 5) is 11.6. The number of aliphatic carboxylic acids is 1. The number of carboxylic acid groups (broad SMARTS) is 1. The average Bonchev–Trinajstić information content (AvgIpc) is 3.72. The van der Waals surface area contributed by atoms with Crippen LogP contribution in [0.25, 0.3) is 38.5 Å². The van der Waals surface area contributed by atoms with Crippen LogP contribution in [0.5, 0.6) is 0 Å². The zero-order valence-electron chi connectivity index (χ0n) is 34.3. The molecule has 8 rings (SSSR count). The number of rotatable bonds is 12. The number of thioether (sulfide) groups is 1. The van der Waals surface area contributed by atoms with Crippen molar-refractivity contribution in [2.45, 2.75) is 65.7 Å². The van der Waals surface area contributed by atoms with Crippen LogP contribution in [0.2, 0.25) is 0 Å². The molecule has 1 aromatic heterocycles. The number of benzene rings is 5. The summed E-state index contributed by atoms with van der Waals surface area (Å²) in [5, 5.41) is 11.8. The highest BCUT2D eigenvalue weighted by atomic mass is 32.2. The Kier molecular flexibility index (Phi) is 13.2. The van der Waals surface area contributed by atoms with Crippen LogP contribution in [0, 0.1) is 0 Å². The summed E-state index contributed by atoms with van der Waals surface area (Å²) in [6, 6.07) is 21.1. The summed E-state index contributed by atoms with van der Waals surface area (Å²) in [5.41, 5.74) is 5.06. The fourth-order valence-electron chi connectivity index (χ4n) is 8.56. The van der Waals surface area contributed by atoms with Gasteiger partial charge in [-0.2, -0.15) is 21.4 Å². The van der Waals surface area contributed by atoms with Gasteiger partial charge in [-0.25, -0.2) is 8.42 Å². The van der Waals surface area contributed by atoms with E-state index >= 15 is 0 Å². The molecule has 1 aliphatic carbocycles. The van der Waals surface area contributed by atoms with Gasteiger partial charge in [-0.05, 0) is 86.2 Å². The van der Waals surface area contributed by atoms with Gasteiger partial charge in [0.1, 0.15) is 26.5 Å². The lowest BCUT2D eigenvalue weighted by Crippen LogP contribution is -2.16. The second-order valence-corrected chi connectivity index (χ2v) is 20.5. The Morgan fingerprint density at radius 2 is 1.43 bits per heavy atom. The molecular formula is C44H38N2O14S5. The molecule has 0 amide bonds. The maximum atomic E-state index is 12.8. The van der Waals surface area contributed by atoms with Gasteiger partial charge >= 0.3 is 16.6 Å². The Labute approximate surface area is 378 Å². The molecule has 5 aromatic carbocycles. The molecule has 0 unspecified atom stereocenters. The molecule has 21 heteroatoms. The molecule has 0 bridgehead atoms. The van der Waals surface area contributed by atoms with E-state index in [0.29, 0.717) is 46.5 Å². The molecule has 65 heavy (non-hydrogen) atoms. The van der Waals surface area contributed by atoms with E-state index in [4.69, 9.17) is 12.6 Å². The molecule has 0 atom stereocenters. The quantitative estimate of drug-likeness (QED) is 0.0889. The van der Waals surface area contributed by atoms with Crippen molar-refractivity contribution in [3.63, 3.8) is 0 Å². The van der Waals surface area contributed by atoms with E-state index in [1.165, 1.54) is 23.9 Å². The number of hydrogen-bond acceptors (Lipinski definition) is 12. The van der Waals surface area contributed by atoms with Crippen molar-refractivity contribution < 1.29 is 66.0 Å². The van der Waals surface area contributed by atoms with Crippen LogP contribution < -0.4 is 5.35 Å². The second-order valence-electron chi connectivity index (χ2n) is 14.8. The van der Waals surface area contributed by atoms with E-state index in [9.17, 15) is 48.8 Å². The van der Waals surface area contributed by atoms with Crippen LogP contribution in [0.1, 0.15) is 44.2 Å². The Morgan fingerprint density at radius 3 is 2.03 bits per heavy atom. The maximum Gasteiger partial charge on any atom is 0.425 e. The highest BCUT2D eigenvalue weighted by Crippen LogP contribution is 2.43. The molecule has 0 spiro atoms. The maximum absolute atomic E-state index is 12.8. The summed E-state index contributed by atoms with van der Waals surface area (Å²) >= 11 is 1.50. The van der Waals surface area contributed by atoms with Crippen LogP contribution >= 0.6 is 11.8 Å². The molecular weight excluding hydrogens is 941 g/mol. The van der Waals surface area contributed by atoms with Crippen LogP contribution in [0.4, 0.5) is 5.69 Å². The average molecular weight is 979 g/mol. The first-order valence-corrected chi connectivity index (χ1v) is 25.8. The largest absolute Gasteiger partial charge is 0.744 e. The van der Waals surface area contributed by atoms with Gasteiger partial charge in [0.2, 0.25) is 11.4 Å². The standard InChI is InChI=1S/C44H38N2O11S4.O3S/c1-3-45-34(30-10-6-12-32-37(59(49,50)51)23-22-36(45)41(30)32)20-16-27-8-5-9-28(44(27)58-29-18-14-26(15-19-29)24-40(47)48)17-21-35-31-11-7-13-33-38(60(52,53)54)25-39(61(55,56)57)43(42(31)33)46(35)4-2;1-4(2)3/h6-7,10-23,25H,3-5,8-9,24H2,1-2H3,(H3-,47,48,49,50,51,52,53,54,55,56,57);. The van der Waals surface area contributed by atoms with Gasteiger partial charge in [0.15, 0.2) is 0 Å². The van der Waals surface area contributed by atoms with Crippen LogP contribution in [0.3, 0.4) is 0 Å². The van der Waals surface area contributed by atoms with Gasteiger partial charge in [-0.15, -0.1) is 12.6 Å². The Morgan fingerprint density at radius 1 is 0.800 bits per heavy atom. The number of aromatic nitrogens is 1. The van der Waals surface area contributed by atoms with E-state index in [0.717, 1.165) is 50.4 Å². The lowest BCUT2D eigenvalue weighted by atomic mass is 9.93. The molecule has 2 aliphatic rings. The predicted octanol–water partition coefficient (Wildman–Crippen LogP) is 6.37. The van der Waals surface area contributed by atoms with E-state index in [1.54, 1.807) is 54.0 Å². The van der Waals surface area contributed by atoms with Crippen molar-refractivity contribution in [3.05, 3.63) is 130 Å². The van der Waals surface area contributed by atoms with Crippen molar-refractivity contribution in [2.75, 3.05) is 6.54 Å². The lowest BCUT2D eigenvalue weighted by molar-refractivity contribution is -0.430. The van der Waals surface area contributed by atoms with E-state index < -0.39 is 56.7 Å². The van der Waals surface area contributed by atoms with E-state index in [-0.39, 0.29) is 34.2 Å². The van der Waals surface area contributed by atoms with Gasteiger partial charge in [-0.3, -0.25) is 13.9 Å². The molecule has 0 fully saturated rings. The zero-order chi connectivity index (χ0) is 47.2. The fraction of sp³-hybridized carbons (Fsp3) is 0.182. The van der Waals surface area contributed by atoms with Gasteiger partial charge in [-0.1, -0.05) is 66.4 Å². The SMILES string of the molecule is CCn1c(=C/C=C2\CCCC(/C=C/C3=[N+](CC)c4ccc(S(=O)(=O)[O-])c5cccc3c45)=C2Sc2ccc(CC(=O)O)cc2)c2cccc3c(S(=O)(=O)O)cc(S(=O)(=O)O)c1c32.O=S(=O)=O. The number of carboxylic acids is 1. The van der Waals surface area contributed by atoms with Gasteiger partial charge in [0, 0.05) is 55.4 Å². The Balaban J connectivity index is 0.00000151. The van der Waals surface area contributed by atoms with Gasteiger partial charge in [0.05, 0.1) is 27.8 Å². The minimum absolute atomic E-state index is 0.0940. The number of hydrogen-bond donors (Lipinski definition) is 3. The molecule has 0 saturated heterocycles. The fourth-order valence-corrected chi connectivity index (χ4v) is 11.9. The molecule has 338 valence electrons. The minimum atomic E-state index is -4.96. The number of aryl methyl sites for hydroxylation is 1. The third-order valence-corrected chi connectivity index (χ3v) is 14.9. The van der Waals surface area contributed by atoms with Crippen LogP contribution in [-0.4, -0.2) is 84.0 Å².